The van der Waals surface area contributed by atoms with Crippen LogP contribution in [0.4, 0.5) is 0 Å². The number of hydrogen-bond acceptors (Lipinski definition) is 2. The van der Waals surface area contributed by atoms with E-state index in [1.54, 1.807) is 12.1 Å². The molecule has 4 nitrogen and oxygen atoms in total. The zero-order valence-corrected chi connectivity index (χ0v) is 12.5. The van der Waals surface area contributed by atoms with Crippen LogP contribution < -0.4 is 5.56 Å². The Morgan fingerprint density at radius 1 is 1.04 bits per heavy atom. The summed E-state index contributed by atoms with van der Waals surface area (Å²) in [6.07, 6.45) is 0.952. The fraction of sp³-hybridized carbons (Fsp3) is 0.158. The summed E-state index contributed by atoms with van der Waals surface area (Å²) in [6.45, 7) is 0.716. The summed E-state index contributed by atoms with van der Waals surface area (Å²) in [6, 6.07) is 19.2. The number of carbonyl (C=O) groups excluding carboxylic acids is 1. The molecular weight excluding hydrogens is 288 g/mol. The monoisotopic (exact) mass is 304 g/mol. The number of amides is 1. The second kappa shape index (κ2) is 5.39. The van der Waals surface area contributed by atoms with Gasteiger partial charge < -0.3 is 9.88 Å². The van der Waals surface area contributed by atoms with E-state index in [1.165, 1.54) is 0 Å². The third kappa shape index (κ3) is 2.32. The predicted octanol–water partition coefficient (Wildman–Crippen LogP) is 3.12. The van der Waals surface area contributed by atoms with Crippen molar-refractivity contribution in [2.45, 2.75) is 12.5 Å². The third-order valence-corrected chi connectivity index (χ3v) is 4.45. The van der Waals surface area contributed by atoms with Crippen LogP contribution in [-0.2, 0) is 0 Å². The maximum Gasteiger partial charge on any atom is 0.270 e. The van der Waals surface area contributed by atoms with Crippen LogP contribution in [0.2, 0.25) is 0 Å². The summed E-state index contributed by atoms with van der Waals surface area (Å²) < 4.78 is 0. The lowest BCUT2D eigenvalue weighted by Crippen LogP contribution is -2.45. The zero-order chi connectivity index (χ0) is 15.8. The SMILES string of the molecule is O=C(c1cc2ccccc2c(=O)[nH]1)N1CCC1c1ccccc1. The molecule has 0 spiro atoms. The van der Waals surface area contributed by atoms with Crippen LogP contribution in [0.25, 0.3) is 10.8 Å². The number of pyridine rings is 1. The molecule has 1 N–H and O–H groups in total. The molecule has 0 bridgehead atoms. The van der Waals surface area contributed by atoms with Crippen molar-refractivity contribution in [3.63, 3.8) is 0 Å². The van der Waals surface area contributed by atoms with Crippen LogP contribution in [0.5, 0.6) is 0 Å². The fourth-order valence-corrected chi connectivity index (χ4v) is 3.13. The van der Waals surface area contributed by atoms with E-state index in [9.17, 15) is 9.59 Å². The number of carbonyl (C=O) groups is 1. The molecule has 4 heteroatoms. The number of likely N-dealkylation sites (tertiary alicyclic amines) is 1. The molecule has 3 aromatic rings. The van der Waals surface area contributed by atoms with Crippen molar-refractivity contribution in [2.24, 2.45) is 0 Å². The number of hydrogen-bond donors (Lipinski definition) is 1. The molecule has 0 radical (unpaired) electrons. The Morgan fingerprint density at radius 2 is 1.78 bits per heavy atom. The Balaban J connectivity index is 1.68. The molecule has 1 aliphatic heterocycles. The van der Waals surface area contributed by atoms with E-state index in [0.717, 1.165) is 17.4 Å². The van der Waals surface area contributed by atoms with Crippen LogP contribution >= 0.6 is 0 Å². The van der Waals surface area contributed by atoms with Gasteiger partial charge in [-0.05, 0) is 29.5 Å². The third-order valence-electron chi connectivity index (χ3n) is 4.45. The van der Waals surface area contributed by atoms with Crippen LogP contribution in [0.1, 0.15) is 28.5 Å². The van der Waals surface area contributed by atoms with Gasteiger partial charge in [0.25, 0.3) is 11.5 Å². The highest BCUT2D eigenvalue weighted by molar-refractivity contribution is 5.96. The average Bonchev–Trinajstić information content (AvgIpc) is 2.55. The standard InChI is InChI=1S/C19H16N2O2/c22-18-15-9-5-4-8-14(15)12-16(20-18)19(23)21-11-10-17(21)13-6-2-1-3-7-13/h1-9,12,17H,10-11H2,(H,20,22). The molecule has 0 aliphatic carbocycles. The zero-order valence-electron chi connectivity index (χ0n) is 12.5. The van der Waals surface area contributed by atoms with Gasteiger partial charge in [0.15, 0.2) is 0 Å². The van der Waals surface area contributed by atoms with Crippen molar-refractivity contribution < 1.29 is 4.79 Å². The number of nitrogens with zero attached hydrogens (tertiary/aromatic N) is 1. The fourth-order valence-electron chi connectivity index (χ4n) is 3.13. The van der Waals surface area contributed by atoms with Gasteiger partial charge in [0.2, 0.25) is 0 Å². The normalized spacial score (nSPS) is 17.0. The first-order valence-corrected chi connectivity index (χ1v) is 7.72. The van der Waals surface area contributed by atoms with Crippen molar-refractivity contribution in [3.05, 3.63) is 82.3 Å². The molecule has 1 atom stereocenters. The van der Waals surface area contributed by atoms with Gasteiger partial charge in [-0.1, -0.05) is 48.5 Å². The molecule has 4 rings (SSSR count). The summed E-state index contributed by atoms with van der Waals surface area (Å²) >= 11 is 0. The molecule has 2 heterocycles. The van der Waals surface area contributed by atoms with Crippen LogP contribution in [0.3, 0.4) is 0 Å². The predicted molar refractivity (Wildman–Crippen MR) is 89.4 cm³/mol. The first-order valence-electron chi connectivity index (χ1n) is 7.72. The molecule has 23 heavy (non-hydrogen) atoms. The lowest BCUT2D eigenvalue weighted by molar-refractivity contribution is 0.0454. The maximum absolute atomic E-state index is 12.8. The number of aromatic amines is 1. The van der Waals surface area contributed by atoms with Crippen molar-refractivity contribution in [2.75, 3.05) is 6.54 Å². The quantitative estimate of drug-likeness (QED) is 0.791. The summed E-state index contributed by atoms with van der Waals surface area (Å²) in [5.74, 6) is -0.118. The Morgan fingerprint density at radius 3 is 2.52 bits per heavy atom. The largest absolute Gasteiger partial charge is 0.330 e. The molecule has 1 fully saturated rings. The Bertz CT molecular complexity index is 931. The summed E-state index contributed by atoms with van der Waals surface area (Å²) in [7, 11) is 0. The Kier molecular flexibility index (Phi) is 3.23. The van der Waals surface area contributed by atoms with Gasteiger partial charge in [-0.15, -0.1) is 0 Å². The van der Waals surface area contributed by atoms with E-state index in [4.69, 9.17) is 0 Å². The van der Waals surface area contributed by atoms with Crippen LogP contribution in [-0.4, -0.2) is 22.3 Å². The molecule has 1 unspecified atom stereocenters. The van der Waals surface area contributed by atoms with Gasteiger partial charge in [0, 0.05) is 11.9 Å². The number of rotatable bonds is 2. The Labute approximate surface area is 133 Å². The lowest BCUT2D eigenvalue weighted by atomic mass is 9.94. The summed E-state index contributed by atoms with van der Waals surface area (Å²) in [5.41, 5.74) is 1.27. The minimum Gasteiger partial charge on any atom is -0.330 e. The second-order valence-electron chi connectivity index (χ2n) is 5.81. The van der Waals surface area contributed by atoms with Crippen LogP contribution in [0, 0.1) is 0 Å². The highest BCUT2D eigenvalue weighted by Gasteiger charge is 2.34. The molecule has 1 aliphatic rings. The van der Waals surface area contributed by atoms with Gasteiger partial charge in [-0.25, -0.2) is 0 Å². The van der Waals surface area contributed by atoms with Crippen molar-refractivity contribution in [1.29, 1.82) is 0 Å². The van der Waals surface area contributed by atoms with Gasteiger partial charge in [-0.3, -0.25) is 9.59 Å². The molecule has 1 aromatic heterocycles. The highest BCUT2D eigenvalue weighted by atomic mass is 16.2. The van der Waals surface area contributed by atoms with Gasteiger partial charge in [0.05, 0.1) is 6.04 Å². The second-order valence-corrected chi connectivity index (χ2v) is 5.81. The first kappa shape index (κ1) is 13.8. The molecule has 2 aromatic carbocycles. The smallest absolute Gasteiger partial charge is 0.270 e. The average molecular weight is 304 g/mol. The van der Waals surface area contributed by atoms with E-state index in [2.05, 4.69) is 4.98 Å². The molecule has 0 saturated carbocycles. The lowest BCUT2D eigenvalue weighted by Gasteiger charge is -2.41. The minimum atomic E-state index is -0.219. The topological polar surface area (TPSA) is 53.2 Å². The Hall–Kier alpha value is -2.88. The van der Waals surface area contributed by atoms with E-state index in [1.807, 2.05) is 53.4 Å². The van der Waals surface area contributed by atoms with Crippen molar-refractivity contribution in [1.82, 2.24) is 9.88 Å². The minimum absolute atomic E-state index is 0.0960. The van der Waals surface area contributed by atoms with Gasteiger partial charge >= 0.3 is 0 Å². The molecular formula is C19H16N2O2. The summed E-state index contributed by atoms with van der Waals surface area (Å²) in [4.78, 5) is 29.5. The number of H-pyrrole nitrogens is 1. The summed E-state index contributed by atoms with van der Waals surface area (Å²) in [5, 5.41) is 1.39. The van der Waals surface area contributed by atoms with Crippen molar-refractivity contribution >= 4 is 16.7 Å². The number of nitrogens with one attached hydrogen (secondary N) is 1. The van der Waals surface area contributed by atoms with E-state index >= 15 is 0 Å². The molecule has 1 amide bonds. The highest BCUT2D eigenvalue weighted by Crippen LogP contribution is 2.34. The maximum atomic E-state index is 12.8. The number of aromatic nitrogens is 1. The van der Waals surface area contributed by atoms with E-state index in [0.29, 0.717) is 17.6 Å². The van der Waals surface area contributed by atoms with Crippen LogP contribution in [0.15, 0.2) is 65.5 Å². The first-order chi connectivity index (χ1) is 11.2. The van der Waals surface area contributed by atoms with Crippen molar-refractivity contribution in [3.8, 4) is 0 Å². The van der Waals surface area contributed by atoms with Gasteiger partial charge in [0.1, 0.15) is 5.69 Å². The van der Waals surface area contributed by atoms with E-state index < -0.39 is 0 Å². The van der Waals surface area contributed by atoms with Gasteiger partial charge in [-0.2, -0.15) is 0 Å². The van der Waals surface area contributed by atoms with E-state index in [-0.39, 0.29) is 17.5 Å². The molecule has 1 saturated heterocycles. The number of benzene rings is 2. The number of fused-ring (bicyclic) bond motifs is 1. The molecule has 114 valence electrons.